The SMILES string of the molecule is CN=C(N)NCCCC(N)C(=O)NC(C)(C)CC(C)(C)CS. The summed E-state index contributed by atoms with van der Waals surface area (Å²) in [5.41, 5.74) is 11.2. The van der Waals surface area contributed by atoms with Gasteiger partial charge in [-0.15, -0.1) is 0 Å². The van der Waals surface area contributed by atoms with Gasteiger partial charge in [-0.3, -0.25) is 9.79 Å². The van der Waals surface area contributed by atoms with E-state index in [0.29, 0.717) is 18.9 Å². The van der Waals surface area contributed by atoms with Crippen molar-refractivity contribution in [3.05, 3.63) is 0 Å². The van der Waals surface area contributed by atoms with Crippen LogP contribution >= 0.6 is 12.6 Å². The van der Waals surface area contributed by atoms with Crippen LogP contribution in [0.5, 0.6) is 0 Å². The highest BCUT2D eigenvalue weighted by molar-refractivity contribution is 7.80. The highest BCUT2D eigenvalue weighted by atomic mass is 32.1. The summed E-state index contributed by atoms with van der Waals surface area (Å²) in [6.45, 7) is 8.96. The molecule has 1 amide bonds. The zero-order valence-electron chi connectivity index (χ0n) is 14.6. The largest absolute Gasteiger partial charge is 0.370 e. The van der Waals surface area contributed by atoms with Gasteiger partial charge in [0.25, 0.3) is 0 Å². The number of carbonyl (C=O) groups excluding carboxylic acids is 1. The summed E-state index contributed by atoms with van der Waals surface area (Å²) in [6, 6.07) is -0.514. The number of aliphatic imine (C=N–C) groups is 1. The molecule has 0 bridgehead atoms. The van der Waals surface area contributed by atoms with Gasteiger partial charge in [0.05, 0.1) is 6.04 Å². The summed E-state index contributed by atoms with van der Waals surface area (Å²) in [5.74, 6) is 1.05. The minimum Gasteiger partial charge on any atom is -0.370 e. The Morgan fingerprint density at radius 1 is 1.32 bits per heavy atom. The van der Waals surface area contributed by atoms with Crippen molar-refractivity contribution in [3.8, 4) is 0 Å². The van der Waals surface area contributed by atoms with Crippen LogP contribution in [0.1, 0.15) is 47.0 Å². The number of carbonyl (C=O) groups is 1. The van der Waals surface area contributed by atoms with Gasteiger partial charge < -0.3 is 22.1 Å². The first kappa shape index (κ1) is 21.0. The average molecular weight is 332 g/mol. The summed E-state index contributed by atoms with van der Waals surface area (Å²) in [5, 5.41) is 5.99. The number of hydrogen-bond donors (Lipinski definition) is 5. The van der Waals surface area contributed by atoms with Gasteiger partial charge in [-0.05, 0) is 44.3 Å². The Morgan fingerprint density at radius 3 is 2.41 bits per heavy atom. The topological polar surface area (TPSA) is 106 Å². The second kappa shape index (κ2) is 9.25. The molecule has 1 unspecified atom stereocenters. The average Bonchev–Trinajstić information content (AvgIpc) is 2.41. The molecule has 6 N–H and O–H groups in total. The zero-order valence-corrected chi connectivity index (χ0v) is 15.5. The minimum absolute atomic E-state index is 0.0604. The maximum Gasteiger partial charge on any atom is 0.237 e. The van der Waals surface area contributed by atoms with Crippen molar-refractivity contribution in [2.75, 3.05) is 19.3 Å². The number of nitrogens with one attached hydrogen (secondary N) is 2. The van der Waals surface area contributed by atoms with E-state index in [9.17, 15) is 4.79 Å². The van der Waals surface area contributed by atoms with E-state index in [-0.39, 0.29) is 16.9 Å². The van der Waals surface area contributed by atoms with Gasteiger partial charge >= 0.3 is 0 Å². The summed E-state index contributed by atoms with van der Waals surface area (Å²) in [7, 11) is 1.62. The van der Waals surface area contributed by atoms with Crippen molar-refractivity contribution in [2.24, 2.45) is 21.9 Å². The standard InChI is InChI=1S/C15H33N5OS/c1-14(2,10-22)9-15(3,4)20-12(21)11(16)7-6-8-19-13(17)18-5/h11,22H,6-10,16H2,1-5H3,(H,20,21)(H3,17,18,19). The molecule has 1 atom stereocenters. The van der Waals surface area contributed by atoms with E-state index < -0.39 is 6.04 Å². The monoisotopic (exact) mass is 331 g/mol. The summed E-state index contributed by atoms with van der Waals surface area (Å²) in [6.07, 6.45) is 2.20. The molecular weight excluding hydrogens is 298 g/mol. The lowest BCUT2D eigenvalue weighted by molar-refractivity contribution is -0.124. The van der Waals surface area contributed by atoms with E-state index in [1.165, 1.54) is 0 Å². The molecule has 0 rings (SSSR count). The fourth-order valence-corrected chi connectivity index (χ4v) is 2.58. The number of nitrogens with zero attached hydrogens (tertiary/aromatic N) is 1. The number of amides is 1. The van der Waals surface area contributed by atoms with Crippen molar-refractivity contribution >= 4 is 24.5 Å². The maximum atomic E-state index is 12.2. The Kier molecular flexibility index (Phi) is 8.85. The molecule has 0 saturated heterocycles. The molecule has 7 heteroatoms. The van der Waals surface area contributed by atoms with Crippen molar-refractivity contribution in [3.63, 3.8) is 0 Å². The first-order valence-corrected chi connectivity index (χ1v) is 8.31. The first-order valence-electron chi connectivity index (χ1n) is 7.67. The molecule has 0 aliphatic heterocycles. The van der Waals surface area contributed by atoms with Crippen molar-refractivity contribution in [1.29, 1.82) is 0 Å². The van der Waals surface area contributed by atoms with Gasteiger partial charge in [-0.2, -0.15) is 12.6 Å². The van der Waals surface area contributed by atoms with Crippen LogP contribution in [-0.4, -0.2) is 42.8 Å². The van der Waals surface area contributed by atoms with Gasteiger partial charge in [0.1, 0.15) is 0 Å². The van der Waals surface area contributed by atoms with Gasteiger partial charge in [0.15, 0.2) is 5.96 Å². The van der Waals surface area contributed by atoms with Crippen molar-refractivity contribution in [2.45, 2.75) is 58.5 Å². The quantitative estimate of drug-likeness (QED) is 0.187. The number of rotatable bonds is 9. The molecule has 0 heterocycles. The first-order chi connectivity index (χ1) is 10.0. The lowest BCUT2D eigenvalue weighted by atomic mass is 9.81. The van der Waals surface area contributed by atoms with Gasteiger partial charge in [-0.1, -0.05) is 13.8 Å². The van der Waals surface area contributed by atoms with Crippen LogP contribution in [0.4, 0.5) is 0 Å². The number of nitrogens with two attached hydrogens (primary N) is 2. The third-order valence-electron chi connectivity index (χ3n) is 3.39. The summed E-state index contributed by atoms with van der Waals surface area (Å²) in [4.78, 5) is 16.0. The Morgan fingerprint density at radius 2 is 1.91 bits per heavy atom. The van der Waals surface area contributed by atoms with Crippen LogP contribution in [-0.2, 0) is 4.79 Å². The highest BCUT2D eigenvalue weighted by Crippen LogP contribution is 2.28. The highest BCUT2D eigenvalue weighted by Gasteiger charge is 2.30. The number of guanidine groups is 1. The van der Waals surface area contributed by atoms with Crippen LogP contribution in [0.25, 0.3) is 0 Å². The Hall–Kier alpha value is -0.950. The second-order valence-electron chi connectivity index (χ2n) is 7.16. The Labute approximate surface area is 140 Å². The summed E-state index contributed by atoms with van der Waals surface area (Å²) >= 11 is 4.36. The molecule has 0 spiro atoms. The molecule has 0 aromatic carbocycles. The van der Waals surface area contributed by atoms with Crippen molar-refractivity contribution in [1.82, 2.24) is 10.6 Å². The van der Waals surface area contributed by atoms with Crippen molar-refractivity contribution < 1.29 is 4.79 Å². The van der Waals surface area contributed by atoms with Crippen LogP contribution in [0, 0.1) is 5.41 Å². The fraction of sp³-hybridized carbons (Fsp3) is 0.867. The molecule has 0 saturated carbocycles. The predicted molar refractivity (Wildman–Crippen MR) is 97.2 cm³/mol. The van der Waals surface area contributed by atoms with Crippen LogP contribution in [0.15, 0.2) is 4.99 Å². The molecule has 0 aromatic rings. The lowest BCUT2D eigenvalue weighted by Gasteiger charge is -2.35. The normalized spacial score (nSPS) is 14.6. The zero-order chi connectivity index (χ0) is 17.4. The van der Waals surface area contributed by atoms with E-state index in [4.69, 9.17) is 11.5 Å². The Bertz CT molecular complexity index is 382. The van der Waals surface area contributed by atoms with Gasteiger partial charge in [0, 0.05) is 19.1 Å². The van der Waals surface area contributed by atoms with E-state index in [1.807, 2.05) is 13.8 Å². The molecule has 0 fully saturated rings. The molecule has 0 aliphatic carbocycles. The van der Waals surface area contributed by atoms with E-state index >= 15 is 0 Å². The smallest absolute Gasteiger partial charge is 0.237 e. The number of thiol groups is 1. The second-order valence-corrected chi connectivity index (χ2v) is 7.47. The predicted octanol–water partition coefficient (Wildman–Crippen LogP) is 0.869. The molecule has 130 valence electrons. The van der Waals surface area contributed by atoms with Crippen LogP contribution in [0.3, 0.4) is 0 Å². The van der Waals surface area contributed by atoms with E-state index in [1.54, 1.807) is 7.05 Å². The lowest BCUT2D eigenvalue weighted by Crippen LogP contribution is -2.52. The van der Waals surface area contributed by atoms with E-state index in [0.717, 1.165) is 18.6 Å². The molecule has 22 heavy (non-hydrogen) atoms. The third-order valence-corrected chi connectivity index (χ3v) is 4.24. The molecule has 0 aromatic heterocycles. The maximum absolute atomic E-state index is 12.2. The van der Waals surface area contributed by atoms with Crippen LogP contribution in [0.2, 0.25) is 0 Å². The fourth-order valence-electron chi connectivity index (χ4n) is 2.47. The van der Waals surface area contributed by atoms with Gasteiger partial charge in [-0.25, -0.2) is 0 Å². The molecule has 6 nitrogen and oxygen atoms in total. The summed E-state index contributed by atoms with van der Waals surface area (Å²) < 4.78 is 0. The van der Waals surface area contributed by atoms with Crippen LogP contribution < -0.4 is 22.1 Å². The molecule has 0 radical (unpaired) electrons. The molecular formula is C15H33N5OS. The Balaban J connectivity index is 4.23. The van der Waals surface area contributed by atoms with Gasteiger partial charge in [0.2, 0.25) is 5.91 Å². The third kappa shape index (κ3) is 9.15. The minimum atomic E-state index is -0.514. The number of hydrogen-bond acceptors (Lipinski definition) is 4. The van der Waals surface area contributed by atoms with E-state index in [2.05, 4.69) is 42.1 Å². The molecule has 0 aliphatic rings.